The minimum Gasteiger partial charge on any atom is -0.490 e. The van der Waals surface area contributed by atoms with E-state index < -0.39 is 0 Å². The van der Waals surface area contributed by atoms with Crippen LogP contribution >= 0.6 is 0 Å². The second kappa shape index (κ2) is 7.68. The van der Waals surface area contributed by atoms with Gasteiger partial charge < -0.3 is 9.47 Å². The number of rotatable bonds is 6. The summed E-state index contributed by atoms with van der Waals surface area (Å²) >= 11 is 0. The third kappa shape index (κ3) is 4.48. The van der Waals surface area contributed by atoms with Crippen LogP contribution in [0.3, 0.4) is 0 Å². The van der Waals surface area contributed by atoms with Gasteiger partial charge in [0, 0.05) is 12.0 Å². The Morgan fingerprint density at radius 1 is 1.16 bits per heavy atom. The van der Waals surface area contributed by atoms with Gasteiger partial charge in [0.1, 0.15) is 5.82 Å². The van der Waals surface area contributed by atoms with Gasteiger partial charge >= 0.3 is 0 Å². The fourth-order valence-corrected chi connectivity index (χ4v) is 1.90. The molecular weight excluding hydrogens is 243 g/mol. The van der Waals surface area contributed by atoms with Crippen LogP contribution in [-0.4, -0.2) is 13.2 Å². The summed E-state index contributed by atoms with van der Waals surface area (Å²) in [6, 6.07) is 3.12. The van der Waals surface area contributed by atoms with E-state index in [0.717, 1.165) is 0 Å². The zero-order valence-electron chi connectivity index (χ0n) is 12.0. The highest BCUT2D eigenvalue weighted by Crippen LogP contribution is 2.31. The largest absolute Gasteiger partial charge is 0.490 e. The maximum atomic E-state index is 14.0. The molecule has 1 aromatic rings. The van der Waals surface area contributed by atoms with Crippen LogP contribution in [0.25, 0.3) is 0 Å². The Hall–Kier alpha value is -1.69. The first-order valence-electron chi connectivity index (χ1n) is 6.62. The molecule has 0 fully saturated rings. The lowest BCUT2D eigenvalue weighted by Gasteiger charge is -2.14. The average Bonchev–Trinajstić information content (AvgIpc) is 2.35. The Morgan fingerprint density at radius 3 is 2.26 bits per heavy atom. The van der Waals surface area contributed by atoms with Crippen molar-refractivity contribution in [1.82, 2.24) is 0 Å². The van der Waals surface area contributed by atoms with Crippen molar-refractivity contribution in [2.24, 2.45) is 5.92 Å². The summed E-state index contributed by atoms with van der Waals surface area (Å²) in [6.07, 6.45) is 0.569. The zero-order chi connectivity index (χ0) is 14.3. The van der Waals surface area contributed by atoms with Gasteiger partial charge in [0.25, 0.3) is 0 Å². The van der Waals surface area contributed by atoms with Crippen molar-refractivity contribution in [2.75, 3.05) is 13.2 Å². The summed E-state index contributed by atoms with van der Waals surface area (Å²) in [5.41, 5.74) is 0.613. The van der Waals surface area contributed by atoms with Gasteiger partial charge in [-0.05, 0) is 38.8 Å². The Kier molecular flexibility index (Phi) is 6.21. The second-order valence-electron chi connectivity index (χ2n) is 4.26. The molecule has 19 heavy (non-hydrogen) atoms. The first-order chi connectivity index (χ1) is 9.12. The number of hydrogen-bond acceptors (Lipinski definition) is 2. The molecule has 0 aliphatic heterocycles. The monoisotopic (exact) mass is 264 g/mol. The molecule has 3 heteroatoms. The maximum absolute atomic E-state index is 14.0. The molecule has 0 aliphatic carbocycles. The Labute approximate surface area is 114 Å². The predicted molar refractivity (Wildman–Crippen MR) is 75.1 cm³/mol. The molecule has 0 bridgehead atoms. The Balaban J connectivity index is 3.04. The van der Waals surface area contributed by atoms with Crippen LogP contribution in [0.15, 0.2) is 12.1 Å². The van der Waals surface area contributed by atoms with E-state index in [1.807, 2.05) is 20.8 Å². The van der Waals surface area contributed by atoms with Gasteiger partial charge in [-0.15, -0.1) is 11.8 Å². The van der Waals surface area contributed by atoms with Crippen LogP contribution in [-0.2, 0) is 6.42 Å². The SMILES string of the molecule is CC#CC(C)Cc1cc(OCC)c(OCC)cc1F. The van der Waals surface area contributed by atoms with Gasteiger partial charge in [-0.1, -0.05) is 6.92 Å². The average molecular weight is 264 g/mol. The minimum absolute atomic E-state index is 0.118. The zero-order valence-corrected chi connectivity index (χ0v) is 12.0. The van der Waals surface area contributed by atoms with Crippen LogP contribution in [0.4, 0.5) is 4.39 Å². The topological polar surface area (TPSA) is 18.5 Å². The lowest BCUT2D eigenvalue weighted by Crippen LogP contribution is -2.04. The predicted octanol–water partition coefficient (Wildman–Crippen LogP) is 3.83. The summed E-state index contributed by atoms with van der Waals surface area (Å²) in [7, 11) is 0. The van der Waals surface area contributed by atoms with Crippen molar-refractivity contribution in [1.29, 1.82) is 0 Å². The molecule has 104 valence electrons. The molecule has 0 heterocycles. The fraction of sp³-hybridized carbons (Fsp3) is 0.500. The summed E-state index contributed by atoms with van der Waals surface area (Å²) in [5.74, 6) is 6.78. The van der Waals surface area contributed by atoms with Gasteiger partial charge in [-0.3, -0.25) is 0 Å². The maximum Gasteiger partial charge on any atom is 0.164 e. The Morgan fingerprint density at radius 2 is 1.74 bits per heavy atom. The molecule has 0 spiro atoms. The molecule has 0 radical (unpaired) electrons. The lowest BCUT2D eigenvalue weighted by molar-refractivity contribution is 0.285. The van der Waals surface area contributed by atoms with Crippen molar-refractivity contribution in [3.05, 3.63) is 23.5 Å². The van der Waals surface area contributed by atoms with Gasteiger partial charge in [0.15, 0.2) is 11.5 Å². The van der Waals surface area contributed by atoms with Crippen LogP contribution in [0.1, 0.15) is 33.3 Å². The van der Waals surface area contributed by atoms with E-state index >= 15 is 0 Å². The smallest absolute Gasteiger partial charge is 0.164 e. The highest BCUT2D eigenvalue weighted by molar-refractivity contribution is 5.44. The molecule has 1 atom stereocenters. The third-order valence-corrected chi connectivity index (χ3v) is 2.63. The number of halogens is 1. The molecule has 1 aromatic carbocycles. The van der Waals surface area contributed by atoms with Crippen molar-refractivity contribution < 1.29 is 13.9 Å². The van der Waals surface area contributed by atoms with Crippen LogP contribution < -0.4 is 9.47 Å². The van der Waals surface area contributed by atoms with E-state index in [1.165, 1.54) is 6.07 Å². The highest BCUT2D eigenvalue weighted by Gasteiger charge is 2.13. The van der Waals surface area contributed by atoms with Gasteiger partial charge in [-0.2, -0.15) is 0 Å². The standard InChI is InChI=1S/C16H21FO2/c1-5-8-12(4)9-13-10-15(18-6-2)16(19-7-3)11-14(13)17/h10-12H,6-7,9H2,1-4H3. The summed E-state index contributed by atoms with van der Waals surface area (Å²) in [4.78, 5) is 0. The van der Waals surface area contributed by atoms with E-state index in [1.54, 1.807) is 13.0 Å². The summed E-state index contributed by atoms with van der Waals surface area (Å²) in [6.45, 7) is 8.53. The van der Waals surface area contributed by atoms with Gasteiger partial charge in [0.2, 0.25) is 0 Å². The normalized spacial score (nSPS) is 11.4. The lowest BCUT2D eigenvalue weighted by atomic mass is 10.0. The quantitative estimate of drug-likeness (QED) is 0.727. The number of ether oxygens (including phenoxy) is 2. The number of hydrogen-bond donors (Lipinski definition) is 0. The van der Waals surface area contributed by atoms with Crippen LogP contribution in [0.2, 0.25) is 0 Å². The molecule has 2 nitrogen and oxygen atoms in total. The molecule has 0 N–H and O–H groups in total. The molecule has 0 aromatic heterocycles. The Bertz CT molecular complexity index is 472. The molecule has 1 unspecified atom stereocenters. The molecular formula is C16H21FO2. The fourth-order valence-electron chi connectivity index (χ4n) is 1.90. The third-order valence-electron chi connectivity index (χ3n) is 2.63. The highest BCUT2D eigenvalue weighted by atomic mass is 19.1. The first-order valence-corrected chi connectivity index (χ1v) is 6.62. The van der Waals surface area contributed by atoms with Crippen molar-refractivity contribution in [3.63, 3.8) is 0 Å². The number of benzene rings is 1. The van der Waals surface area contributed by atoms with Crippen molar-refractivity contribution in [2.45, 2.75) is 34.1 Å². The van der Waals surface area contributed by atoms with E-state index in [0.29, 0.717) is 36.7 Å². The van der Waals surface area contributed by atoms with Gasteiger partial charge in [-0.25, -0.2) is 4.39 Å². The molecule has 0 saturated heterocycles. The minimum atomic E-state index is -0.267. The molecule has 0 saturated carbocycles. The van der Waals surface area contributed by atoms with Crippen LogP contribution in [0.5, 0.6) is 11.5 Å². The first kappa shape index (κ1) is 15.4. The summed E-state index contributed by atoms with van der Waals surface area (Å²) in [5, 5.41) is 0. The summed E-state index contributed by atoms with van der Waals surface area (Å²) < 4.78 is 24.9. The van der Waals surface area contributed by atoms with Crippen molar-refractivity contribution >= 4 is 0 Å². The van der Waals surface area contributed by atoms with Crippen LogP contribution in [0, 0.1) is 23.6 Å². The molecule has 0 aliphatic rings. The van der Waals surface area contributed by atoms with E-state index in [4.69, 9.17) is 9.47 Å². The van der Waals surface area contributed by atoms with E-state index in [9.17, 15) is 4.39 Å². The van der Waals surface area contributed by atoms with E-state index in [2.05, 4.69) is 11.8 Å². The van der Waals surface area contributed by atoms with Gasteiger partial charge in [0.05, 0.1) is 13.2 Å². The molecule has 1 rings (SSSR count). The second-order valence-corrected chi connectivity index (χ2v) is 4.26. The molecule has 0 amide bonds. The van der Waals surface area contributed by atoms with E-state index in [-0.39, 0.29) is 11.7 Å². The van der Waals surface area contributed by atoms with Crippen molar-refractivity contribution in [3.8, 4) is 23.3 Å².